The number of Topliss-reactive ketones (excluding diaryl/α,β-unsaturated/α-hetero) is 1. The Morgan fingerprint density at radius 3 is 2.21 bits per heavy atom. The summed E-state index contributed by atoms with van der Waals surface area (Å²) in [5.74, 6) is -0.227. The molecule has 1 aromatic carbocycles. The van der Waals surface area contributed by atoms with Crippen molar-refractivity contribution in [2.45, 2.75) is 79.1 Å². The zero-order chi connectivity index (χ0) is 28.4. The number of rotatable bonds is 8. The minimum Gasteiger partial charge on any atom is -0.384 e. The van der Waals surface area contributed by atoms with Crippen LogP contribution in [0.4, 0.5) is 13.2 Å². The number of amides is 1. The Bertz CT molecular complexity index is 1270. The average Bonchev–Trinajstić information content (AvgIpc) is 3.17. The van der Waals surface area contributed by atoms with Crippen LogP contribution in [-0.4, -0.2) is 34.7 Å². The van der Waals surface area contributed by atoms with Gasteiger partial charge in [-0.3, -0.25) is 9.59 Å². The van der Waals surface area contributed by atoms with E-state index in [1.54, 1.807) is 18.0 Å². The van der Waals surface area contributed by atoms with Gasteiger partial charge in [0.05, 0.1) is 11.3 Å². The van der Waals surface area contributed by atoms with Crippen LogP contribution in [0.15, 0.2) is 47.7 Å². The van der Waals surface area contributed by atoms with E-state index >= 15 is 0 Å². The Kier molecular flexibility index (Phi) is 8.64. The predicted octanol–water partition coefficient (Wildman–Crippen LogP) is 6.40. The first-order chi connectivity index (χ1) is 17.7. The lowest BCUT2D eigenvalue weighted by molar-refractivity contribution is -0.137. The van der Waals surface area contributed by atoms with Gasteiger partial charge in [0.1, 0.15) is 0 Å². The number of alkyl halides is 3. The number of carbonyl (C=O) groups is 2. The van der Waals surface area contributed by atoms with Gasteiger partial charge in [0.2, 0.25) is 0 Å². The second-order valence-electron chi connectivity index (χ2n) is 10.6. The molecule has 206 valence electrons. The highest BCUT2D eigenvalue weighted by atomic mass is 19.4. The van der Waals surface area contributed by atoms with Crippen molar-refractivity contribution in [3.05, 3.63) is 81.3 Å². The van der Waals surface area contributed by atoms with Crippen molar-refractivity contribution in [3.8, 4) is 0 Å². The van der Waals surface area contributed by atoms with Gasteiger partial charge in [-0.05, 0) is 50.5 Å². The van der Waals surface area contributed by atoms with Crippen LogP contribution in [0.3, 0.4) is 0 Å². The third-order valence-corrected chi connectivity index (χ3v) is 7.24. The summed E-state index contributed by atoms with van der Waals surface area (Å²) >= 11 is 0. The molecule has 0 unspecified atom stereocenters. The van der Waals surface area contributed by atoms with Crippen LogP contribution in [0.25, 0.3) is 0 Å². The van der Waals surface area contributed by atoms with E-state index in [1.807, 2.05) is 33.8 Å². The monoisotopic (exact) mass is 529 g/mol. The average molecular weight is 530 g/mol. The maximum atomic E-state index is 13.6. The van der Waals surface area contributed by atoms with Gasteiger partial charge >= 0.3 is 6.18 Å². The zero-order valence-electron chi connectivity index (χ0n) is 23.3. The minimum atomic E-state index is -4.40. The molecule has 0 saturated carbocycles. The Hall–Kier alpha value is -3.29. The van der Waals surface area contributed by atoms with Crippen molar-refractivity contribution in [2.75, 3.05) is 13.6 Å². The molecule has 5 nitrogen and oxygen atoms in total. The molecular weight excluding hydrogens is 491 g/mol. The van der Waals surface area contributed by atoms with Gasteiger partial charge in [-0.15, -0.1) is 0 Å². The number of benzene rings is 1. The molecule has 8 heteroatoms. The van der Waals surface area contributed by atoms with Gasteiger partial charge in [-0.2, -0.15) is 13.2 Å². The molecule has 1 aliphatic rings. The number of carbonyl (C=O) groups excluding carboxylic acids is 2. The van der Waals surface area contributed by atoms with Gasteiger partial charge in [0, 0.05) is 54.6 Å². The number of hydrogen-bond acceptors (Lipinski definition) is 3. The fraction of sp³-hybridized carbons (Fsp3) is 0.467. The summed E-state index contributed by atoms with van der Waals surface area (Å²) < 4.78 is 41.3. The number of likely N-dealkylation sites (N-methyl/N-ethyl adjacent to an activating group) is 1. The van der Waals surface area contributed by atoms with Crippen LogP contribution in [0.5, 0.6) is 0 Å². The van der Waals surface area contributed by atoms with Crippen molar-refractivity contribution >= 4 is 11.7 Å². The topological polar surface area (TPSA) is 54.3 Å². The van der Waals surface area contributed by atoms with Crippen molar-refractivity contribution in [2.24, 2.45) is 0 Å². The second-order valence-corrected chi connectivity index (χ2v) is 10.6. The summed E-state index contributed by atoms with van der Waals surface area (Å²) in [6, 6.07) is 5.16. The highest BCUT2D eigenvalue weighted by Gasteiger charge is 2.41. The largest absolute Gasteiger partial charge is 0.416 e. The Labute approximate surface area is 223 Å². The van der Waals surface area contributed by atoms with Crippen molar-refractivity contribution in [1.29, 1.82) is 0 Å². The maximum Gasteiger partial charge on any atom is 0.416 e. The van der Waals surface area contributed by atoms with Crippen LogP contribution in [0, 0.1) is 0 Å². The summed E-state index contributed by atoms with van der Waals surface area (Å²) in [5, 5.41) is 3.02. The summed E-state index contributed by atoms with van der Waals surface area (Å²) in [7, 11) is 1.72. The lowest BCUT2D eigenvalue weighted by Gasteiger charge is -2.40. The van der Waals surface area contributed by atoms with Gasteiger partial charge in [-0.1, -0.05) is 51.5 Å². The maximum absolute atomic E-state index is 13.6. The molecule has 0 bridgehead atoms. The van der Waals surface area contributed by atoms with E-state index in [0.717, 1.165) is 41.1 Å². The normalized spacial score (nSPS) is 15.9. The van der Waals surface area contributed by atoms with Gasteiger partial charge in [-0.25, -0.2) is 0 Å². The smallest absolute Gasteiger partial charge is 0.384 e. The third-order valence-electron chi connectivity index (χ3n) is 7.24. The fourth-order valence-electron chi connectivity index (χ4n) is 5.31. The van der Waals surface area contributed by atoms with E-state index in [-0.39, 0.29) is 18.2 Å². The standard InChI is InChI=1S/C30H38F3N3O2/c1-8-19(3)10-15-24(34-7)28(38)35-17-23-26(20(4)37)25(9-2)36(27(23)29(5,6)18-35)16-21-11-13-22(14-12-21)30(31,32)33/h10-15,34H,8-9,16-18H2,1-7H3/b19-10?,24-15-. The molecule has 0 atom stereocenters. The Morgan fingerprint density at radius 1 is 1.08 bits per heavy atom. The molecule has 0 fully saturated rings. The van der Waals surface area contributed by atoms with E-state index in [0.29, 0.717) is 36.3 Å². The molecule has 0 aliphatic carbocycles. The van der Waals surface area contributed by atoms with E-state index in [9.17, 15) is 22.8 Å². The first-order valence-electron chi connectivity index (χ1n) is 13.0. The van der Waals surface area contributed by atoms with E-state index < -0.39 is 17.2 Å². The molecule has 1 aliphatic heterocycles. The second kappa shape index (κ2) is 11.2. The predicted molar refractivity (Wildman–Crippen MR) is 144 cm³/mol. The number of fused-ring (bicyclic) bond motifs is 1. The highest BCUT2D eigenvalue weighted by Crippen LogP contribution is 2.40. The molecule has 1 aromatic heterocycles. The summed E-state index contributed by atoms with van der Waals surface area (Å²) in [4.78, 5) is 28.3. The third kappa shape index (κ3) is 5.89. The van der Waals surface area contributed by atoms with Crippen LogP contribution < -0.4 is 5.32 Å². The number of nitrogens with one attached hydrogen (secondary N) is 1. The summed E-state index contributed by atoms with van der Waals surface area (Å²) in [5.41, 5.74) is 4.38. The Balaban J connectivity index is 2.09. The minimum absolute atomic E-state index is 0.0831. The molecule has 3 rings (SSSR count). The number of allylic oxidation sites excluding steroid dienone is 3. The van der Waals surface area contributed by atoms with Crippen LogP contribution >= 0.6 is 0 Å². The van der Waals surface area contributed by atoms with E-state index in [2.05, 4.69) is 16.8 Å². The summed E-state index contributed by atoms with van der Waals surface area (Å²) in [6.45, 7) is 12.7. The fourth-order valence-corrected chi connectivity index (χ4v) is 5.31. The van der Waals surface area contributed by atoms with Crippen molar-refractivity contribution < 1.29 is 22.8 Å². The molecule has 2 heterocycles. The summed E-state index contributed by atoms with van der Waals surface area (Å²) in [6.07, 6.45) is 0.792. The molecule has 2 aromatic rings. The molecule has 38 heavy (non-hydrogen) atoms. The SMILES string of the molecule is CCC(C)=C/C=C(\NC)C(=O)N1Cc2c(C(C)=O)c(CC)n(Cc3ccc(C(F)(F)F)cc3)c2C(C)(C)C1. The zero-order valence-corrected chi connectivity index (χ0v) is 23.3. The van der Waals surface area contributed by atoms with Gasteiger partial charge in [0.15, 0.2) is 5.78 Å². The number of nitrogens with zero attached hydrogens (tertiary/aromatic N) is 2. The van der Waals surface area contributed by atoms with Crippen molar-refractivity contribution in [3.63, 3.8) is 0 Å². The number of halogens is 3. The van der Waals surface area contributed by atoms with Crippen LogP contribution in [0.1, 0.15) is 86.4 Å². The van der Waals surface area contributed by atoms with Crippen LogP contribution in [0.2, 0.25) is 0 Å². The van der Waals surface area contributed by atoms with Gasteiger partial charge in [0.25, 0.3) is 5.91 Å². The Morgan fingerprint density at radius 2 is 1.71 bits per heavy atom. The van der Waals surface area contributed by atoms with Crippen LogP contribution in [-0.2, 0) is 35.9 Å². The molecule has 1 amide bonds. The lowest BCUT2D eigenvalue weighted by atomic mass is 9.81. The molecule has 1 N–H and O–H groups in total. The number of hydrogen-bond donors (Lipinski definition) is 1. The molecule has 0 radical (unpaired) electrons. The molecule has 0 saturated heterocycles. The number of aromatic nitrogens is 1. The first kappa shape index (κ1) is 29.3. The first-order valence-corrected chi connectivity index (χ1v) is 13.0. The van der Waals surface area contributed by atoms with Gasteiger partial charge < -0.3 is 14.8 Å². The lowest BCUT2D eigenvalue weighted by Crippen LogP contribution is -2.47. The molecule has 0 spiro atoms. The highest BCUT2D eigenvalue weighted by molar-refractivity contribution is 5.98. The number of ketones is 1. The quantitative estimate of drug-likeness (QED) is 0.245. The molecular formula is C30H38F3N3O2. The van der Waals surface area contributed by atoms with Crippen molar-refractivity contribution in [1.82, 2.24) is 14.8 Å². The van der Waals surface area contributed by atoms with E-state index in [4.69, 9.17) is 0 Å². The van der Waals surface area contributed by atoms with E-state index in [1.165, 1.54) is 19.1 Å².